The number of ether oxygens (including phenoxy) is 3. The molecule has 0 aromatic heterocycles. The van der Waals surface area contributed by atoms with Gasteiger partial charge in [0.25, 0.3) is 0 Å². The Morgan fingerprint density at radius 3 is 2.71 bits per heavy atom. The first kappa shape index (κ1) is 21.6. The molecule has 1 amide bonds. The lowest BCUT2D eigenvalue weighted by atomic mass is 10.1. The van der Waals surface area contributed by atoms with Crippen molar-refractivity contribution in [3.63, 3.8) is 0 Å². The van der Waals surface area contributed by atoms with Gasteiger partial charge in [-0.3, -0.25) is 4.79 Å². The number of carbonyl (C=O) groups is 1. The van der Waals surface area contributed by atoms with Crippen LogP contribution in [0.15, 0.2) is 55.1 Å². The second kappa shape index (κ2) is 10.6. The highest BCUT2D eigenvalue weighted by Crippen LogP contribution is 2.35. The van der Waals surface area contributed by atoms with Crippen LogP contribution < -0.4 is 24.4 Å². The van der Waals surface area contributed by atoms with Gasteiger partial charge >= 0.3 is 0 Å². The van der Waals surface area contributed by atoms with Crippen molar-refractivity contribution in [2.45, 2.75) is 6.54 Å². The summed E-state index contributed by atoms with van der Waals surface area (Å²) >= 11 is 0. The van der Waals surface area contributed by atoms with E-state index in [2.05, 4.69) is 11.9 Å². The Bertz CT molecular complexity index is 813. The van der Waals surface area contributed by atoms with Crippen molar-refractivity contribution >= 4 is 24.0 Å². The van der Waals surface area contributed by atoms with E-state index in [1.54, 1.807) is 18.0 Å². The number of nitrogens with zero attached hydrogens (tertiary/aromatic N) is 1. The van der Waals surface area contributed by atoms with Crippen molar-refractivity contribution in [1.29, 1.82) is 0 Å². The smallest absolute Gasteiger partial charge is 0.241 e. The molecule has 150 valence electrons. The number of anilines is 1. The molecule has 3 rings (SSSR count). The lowest BCUT2D eigenvalue weighted by molar-refractivity contribution is -0.117. The minimum Gasteiger partial charge on any atom is -0.489 e. The average molecular weight is 405 g/mol. The molecular weight excluding hydrogens is 380 g/mol. The molecule has 0 saturated carbocycles. The Kier molecular flexibility index (Phi) is 8.17. The monoisotopic (exact) mass is 404 g/mol. The zero-order valence-corrected chi connectivity index (χ0v) is 16.7. The fraction of sp³-hybridized carbons (Fsp3) is 0.286. The van der Waals surface area contributed by atoms with Crippen LogP contribution in [0, 0.1) is 0 Å². The summed E-state index contributed by atoms with van der Waals surface area (Å²) in [7, 11) is 1.75. The quantitative estimate of drug-likeness (QED) is 0.685. The molecule has 6 nitrogen and oxygen atoms in total. The molecule has 0 aliphatic carbocycles. The Morgan fingerprint density at radius 2 is 1.96 bits per heavy atom. The van der Waals surface area contributed by atoms with Crippen molar-refractivity contribution in [1.82, 2.24) is 5.32 Å². The number of nitrogens with one attached hydrogen (secondary N) is 1. The summed E-state index contributed by atoms with van der Waals surface area (Å²) in [6, 6.07) is 13.2. The summed E-state index contributed by atoms with van der Waals surface area (Å²) in [6.45, 7) is 5.73. The number of fused-ring (bicyclic) bond motifs is 1. The van der Waals surface area contributed by atoms with Gasteiger partial charge in [0.15, 0.2) is 11.5 Å². The van der Waals surface area contributed by atoms with Crippen LogP contribution in [0.4, 0.5) is 5.69 Å². The topological polar surface area (TPSA) is 60.0 Å². The van der Waals surface area contributed by atoms with Crippen LogP contribution >= 0.6 is 12.4 Å². The highest BCUT2D eigenvalue weighted by molar-refractivity contribution is 5.95. The molecule has 0 spiro atoms. The summed E-state index contributed by atoms with van der Waals surface area (Å²) in [5, 5.41) is 2.92. The number of rotatable bonds is 8. The van der Waals surface area contributed by atoms with E-state index in [0.717, 1.165) is 17.0 Å². The van der Waals surface area contributed by atoms with Crippen LogP contribution in [0.3, 0.4) is 0 Å². The van der Waals surface area contributed by atoms with Gasteiger partial charge in [-0.15, -0.1) is 12.4 Å². The molecule has 0 bridgehead atoms. The molecule has 0 fully saturated rings. The number of likely N-dealkylation sites (N-methyl/N-ethyl adjacent to an activating group) is 1. The van der Waals surface area contributed by atoms with Crippen molar-refractivity contribution in [2.24, 2.45) is 0 Å². The van der Waals surface area contributed by atoms with Gasteiger partial charge in [-0.1, -0.05) is 30.9 Å². The van der Waals surface area contributed by atoms with Gasteiger partial charge in [0.1, 0.15) is 25.6 Å². The van der Waals surface area contributed by atoms with Crippen molar-refractivity contribution in [3.8, 4) is 17.2 Å². The van der Waals surface area contributed by atoms with Gasteiger partial charge in [0.05, 0.1) is 13.1 Å². The maximum absolute atomic E-state index is 12.8. The average Bonchev–Trinajstić information content (AvgIpc) is 2.71. The van der Waals surface area contributed by atoms with Crippen LogP contribution in [0.1, 0.15) is 5.56 Å². The van der Waals surface area contributed by atoms with E-state index in [-0.39, 0.29) is 24.9 Å². The van der Waals surface area contributed by atoms with E-state index >= 15 is 0 Å². The fourth-order valence-corrected chi connectivity index (χ4v) is 2.86. The highest BCUT2D eigenvalue weighted by atomic mass is 35.5. The van der Waals surface area contributed by atoms with E-state index < -0.39 is 0 Å². The number of amides is 1. The summed E-state index contributed by atoms with van der Waals surface area (Å²) in [5.41, 5.74) is 1.66. The predicted molar refractivity (Wildman–Crippen MR) is 112 cm³/mol. The maximum atomic E-state index is 12.8. The maximum Gasteiger partial charge on any atom is 0.241 e. The van der Waals surface area contributed by atoms with Gasteiger partial charge in [-0.25, -0.2) is 0 Å². The Balaban J connectivity index is 0.00000280. The van der Waals surface area contributed by atoms with Crippen LogP contribution in [0.25, 0.3) is 0 Å². The van der Waals surface area contributed by atoms with E-state index in [1.807, 2.05) is 42.5 Å². The number of carbonyl (C=O) groups excluding carboxylic acids is 1. The zero-order valence-electron chi connectivity index (χ0n) is 15.8. The van der Waals surface area contributed by atoms with E-state index in [1.165, 1.54) is 0 Å². The zero-order chi connectivity index (χ0) is 19.1. The molecule has 2 aromatic rings. The third kappa shape index (κ3) is 5.18. The SMILES string of the molecule is C=CCOc1ccccc1CN(C(=O)CNC)c1ccc2c(c1)OCCO2.Cl. The number of hydrogen-bond acceptors (Lipinski definition) is 5. The molecule has 0 saturated heterocycles. The van der Waals surface area contributed by atoms with Crippen molar-refractivity contribution in [3.05, 3.63) is 60.7 Å². The van der Waals surface area contributed by atoms with Gasteiger partial charge in [0, 0.05) is 17.3 Å². The van der Waals surface area contributed by atoms with Crippen LogP contribution in [-0.2, 0) is 11.3 Å². The lowest BCUT2D eigenvalue weighted by Gasteiger charge is -2.26. The Morgan fingerprint density at radius 1 is 1.21 bits per heavy atom. The fourth-order valence-electron chi connectivity index (χ4n) is 2.86. The normalized spacial score (nSPS) is 11.9. The predicted octanol–water partition coefficient (Wildman–Crippen LogP) is 3.20. The third-order valence-corrected chi connectivity index (χ3v) is 4.12. The molecule has 0 unspecified atom stereocenters. The van der Waals surface area contributed by atoms with Gasteiger partial charge < -0.3 is 24.4 Å². The molecule has 1 aliphatic rings. The Hall–Kier alpha value is -2.70. The van der Waals surface area contributed by atoms with Gasteiger partial charge in [-0.2, -0.15) is 0 Å². The number of para-hydroxylation sites is 1. The molecule has 1 N–H and O–H groups in total. The molecular formula is C21H25ClN2O4. The van der Waals surface area contributed by atoms with Crippen LogP contribution in [0.2, 0.25) is 0 Å². The van der Waals surface area contributed by atoms with E-state index in [4.69, 9.17) is 14.2 Å². The molecule has 1 aliphatic heterocycles. The molecule has 28 heavy (non-hydrogen) atoms. The minimum absolute atomic E-state index is 0. The summed E-state index contributed by atoms with van der Waals surface area (Å²) in [5.74, 6) is 2.03. The first-order valence-corrected chi connectivity index (χ1v) is 8.89. The van der Waals surface area contributed by atoms with E-state index in [0.29, 0.717) is 37.9 Å². The van der Waals surface area contributed by atoms with E-state index in [9.17, 15) is 4.79 Å². The largest absolute Gasteiger partial charge is 0.489 e. The first-order chi connectivity index (χ1) is 13.2. The number of hydrogen-bond donors (Lipinski definition) is 1. The highest BCUT2D eigenvalue weighted by Gasteiger charge is 2.20. The van der Waals surface area contributed by atoms with Crippen LogP contribution in [0.5, 0.6) is 17.2 Å². The molecule has 0 radical (unpaired) electrons. The van der Waals surface area contributed by atoms with Crippen molar-refractivity contribution < 1.29 is 19.0 Å². The van der Waals surface area contributed by atoms with Gasteiger partial charge in [-0.05, 0) is 25.2 Å². The third-order valence-electron chi connectivity index (χ3n) is 4.12. The molecule has 2 aromatic carbocycles. The van der Waals surface area contributed by atoms with Crippen molar-refractivity contribution in [2.75, 3.05) is 38.3 Å². The lowest BCUT2D eigenvalue weighted by Crippen LogP contribution is -2.37. The number of halogens is 1. The molecule has 1 heterocycles. The standard InChI is InChI=1S/C21H24N2O4.ClH/c1-3-10-25-18-7-5-4-6-16(18)15-23(21(24)14-22-2)17-8-9-19-20(13-17)27-12-11-26-19;/h3-9,13,22H,1,10-12,14-15H2,2H3;1H. The molecule has 7 heteroatoms. The molecule has 0 atom stereocenters. The first-order valence-electron chi connectivity index (χ1n) is 8.89. The minimum atomic E-state index is -0.0484. The summed E-state index contributed by atoms with van der Waals surface area (Å²) in [6.07, 6.45) is 1.70. The second-order valence-electron chi connectivity index (χ2n) is 6.05. The van der Waals surface area contributed by atoms with Crippen LogP contribution in [-0.4, -0.2) is 39.3 Å². The number of benzene rings is 2. The second-order valence-corrected chi connectivity index (χ2v) is 6.05. The van der Waals surface area contributed by atoms with Gasteiger partial charge in [0.2, 0.25) is 5.91 Å². The Labute approximate surface area is 171 Å². The summed E-state index contributed by atoms with van der Waals surface area (Å²) in [4.78, 5) is 14.5. The summed E-state index contributed by atoms with van der Waals surface area (Å²) < 4.78 is 17.0.